The Bertz CT molecular complexity index is 910. The first-order valence-electron chi connectivity index (χ1n) is 9.38. The SMILES string of the molecule is Cc1ccc(S(=O)(=O)NC2C3CC4CC(C3)CC2C4)c2cccnc12. The fourth-order valence-corrected chi connectivity index (χ4v) is 7.45. The van der Waals surface area contributed by atoms with Crippen molar-refractivity contribution in [2.75, 3.05) is 0 Å². The van der Waals surface area contributed by atoms with E-state index in [0.717, 1.165) is 28.3 Å². The van der Waals surface area contributed by atoms with Crippen LogP contribution < -0.4 is 4.72 Å². The van der Waals surface area contributed by atoms with Crippen LogP contribution in [-0.2, 0) is 10.0 Å². The van der Waals surface area contributed by atoms with E-state index in [1.165, 1.54) is 32.1 Å². The van der Waals surface area contributed by atoms with Gasteiger partial charge in [-0.25, -0.2) is 13.1 Å². The molecule has 1 aromatic carbocycles. The first-order valence-corrected chi connectivity index (χ1v) is 10.9. The van der Waals surface area contributed by atoms with Crippen LogP contribution >= 0.6 is 0 Å². The number of benzene rings is 1. The van der Waals surface area contributed by atoms with Crippen molar-refractivity contribution in [1.29, 1.82) is 0 Å². The van der Waals surface area contributed by atoms with Gasteiger partial charge in [0.2, 0.25) is 10.0 Å². The molecule has 0 saturated heterocycles. The first-order chi connectivity index (χ1) is 12.0. The summed E-state index contributed by atoms with van der Waals surface area (Å²) in [6.45, 7) is 1.97. The Labute approximate surface area is 149 Å². The largest absolute Gasteiger partial charge is 0.256 e. The molecular weight excluding hydrogens is 332 g/mol. The highest BCUT2D eigenvalue weighted by Gasteiger charge is 2.49. The van der Waals surface area contributed by atoms with Crippen LogP contribution in [0.2, 0.25) is 0 Å². The molecule has 1 aromatic heterocycles. The van der Waals surface area contributed by atoms with Gasteiger partial charge in [0, 0.05) is 17.6 Å². The number of aryl methyl sites for hydroxylation is 1. The van der Waals surface area contributed by atoms with Crippen LogP contribution in [-0.4, -0.2) is 19.4 Å². The van der Waals surface area contributed by atoms with Gasteiger partial charge < -0.3 is 0 Å². The Morgan fingerprint density at radius 2 is 1.68 bits per heavy atom. The zero-order valence-corrected chi connectivity index (χ0v) is 15.3. The van der Waals surface area contributed by atoms with Gasteiger partial charge in [-0.3, -0.25) is 4.98 Å². The Balaban J connectivity index is 1.51. The maximum absolute atomic E-state index is 13.2. The quantitative estimate of drug-likeness (QED) is 0.913. The molecule has 132 valence electrons. The van der Waals surface area contributed by atoms with Crippen molar-refractivity contribution >= 4 is 20.9 Å². The fraction of sp³-hybridized carbons (Fsp3) is 0.550. The second-order valence-corrected chi connectivity index (χ2v) is 10.0. The Hall–Kier alpha value is -1.46. The van der Waals surface area contributed by atoms with Crippen LogP contribution in [0, 0.1) is 30.6 Å². The van der Waals surface area contributed by atoms with E-state index in [1.807, 2.05) is 25.1 Å². The molecule has 4 bridgehead atoms. The summed E-state index contributed by atoms with van der Waals surface area (Å²) in [5.74, 6) is 2.74. The zero-order chi connectivity index (χ0) is 17.2. The third-order valence-electron chi connectivity index (χ3n) is 6.74. The van der Waals surface area contributed by atoms with E-state index in [1.54, 1.807) is 12.3 Å². The highest BCUT2D eigenvalue weighted by molar-refractivity contribution is 7.89. The smallest absolute Gasteiger partial charge is 0.241 e. The van der Waals surface area contributed by atoms with E-state index in [2.05, 4.69) is 9.71 Å². The van der Waals surface area contributed by atoms with E-state index in [9.17, 15) is 8.42 Å². The standard InChI is InChI=1S/C20H24N2O2S/c1-12-4-5-18(17-3-2-6-21-19(12)17)25(23,24)22-20-15-8-13-7-14(10-15)11-16(20)9-13/h2-6,13-16,20,22H,7-11H2,1H3. The number of sulfonamides is 1. The normalized spacial score (nSPS) is 33.9. The summed E-state index contributed by atoms with van der Waals surface area (Å²) >= 11 is 0. The number of hydrogen-bond acceptors (Lipinski definition) is 3. The van der Waals surface area contributed by atoms with Crippen molar-refractivity contribution in [3.05, 3.63) is 36.0 Å². The molecule has 6 rings (SSSR count). The van der Waals surface area contributed by atoms with E-state index in [-0.39, 0.29) is 6.04 Å². The molecule has 4 aliphatic rings. The molecule has 25 heavy (non-hydrogen) atoms. The highest BCUT2D eigenvalue weighted by Crippen LogP contribution is 2.54. The molecule has 1 heterocycles. The van der Waals surface area contributed by atoms with Crippen LogP contribution in [0.4, 0.5) is 0 Å². The maximum Gasteiger partial charge on any atom is 0.241 e. The predicted octanol–water partition coefficient (Wildman–Crippen LogP) is 3.65. The molecule has 2 aromatic rings. The molecule has 0 atom stereocenters. The second-order valence-electron chi connectivity index (χ2n) is 8.36. The van der Waals surface area contributed by atoms with Crippen LogP contribution in [0.3, 0.4) is 0 Å². The van der Waals surface area contributed by atoms with E-state index < -0.39 is 10.0 Å². The van der Waals surface area contributed by atoms with Gasteiger partial charge in [-0.15, -0.1) is 0 Å². The molecule has 0 aliphatic heterocycles. The van der Waals surface area contributed by atoms with E-state index in [0.29, 0.717) is 16.7 Å². The van der Waals surface area contributed by atoms with Crippen molar-refractivity contribution in [3.63, 3.8) is 0 Å². The average Bonchev–Trinajstić information content (AvgIpc) is 2.58. The predicted molar refractivity (Wildman–Crippen MR) is 97.6 cm³/mol. The number of nitrogens with one attached hydrogen (secondary N) is 1. The second kappa shape index (κ2) is 5.52. The van der Waals surface area contributed by atoms with Crippen molar-refractivity contribution in [3.8, 4) is 0 Å². The highest BCUT2D eigenvalue weighted by atomic mass is 32.2. The lowest BCUT2D eigenvalue weighted by atomic mass is 9.54. The third-order valence-corrected chi connectivity index (χ3v) is 8.26. The number of hydrogen-bond donors (Lipinski definition) is 1. The van der Waals surface area contributed by atoms with Gasteiger partial charge in [0.25, 0.3) is 0 Å². The molecular formula is C20H24N2O2S. The average molecular weight is 356 g/mol. The minimum Gasteiger partial charge on any atom is -0.256 e. The molecule has 4 aliphatic carbocycles. The van der Waals surface area contributed by atoms with Crippen LogP contribution in [0.5, 0.6) is 0 Å². The van der Waals surface area contributed by atoms with Gasteiger partial charge in [-0.05, 0) is 86.5 Å². The first kappa shape index (κ1) is 15.8. The van der Waals surface area contributed by atoms with Gasteiger partial charge in [0.15, 0.2) is 0 Å². The van der Waals surface area contributed by atoms with Crippen LogP contribution in [0.25, 0.3) is 10.9 Å². The van der Waals surface area contributed by atoms with Gasteiger partial charge in [-0.2, -0.15) is 0 Å². The lowest BCUT2D eigenvalue weighted by Gasteiger charge is -2.54. The fourth-order valence-electron chi connectivity index (χ4n) is 5.88. The van der Waals surface area contributed by atoms with Crippen molar-refractivity contribution in [2.45, 2.75) is 50.0 Å². The number of pyridine rings is 1. The van der Waals surface area contributed by atoms with Crippen LogP contribution in [0.1, 0.15) is 37.7 Å². The summed E-state index contributed by atoms with van der Waals surface area (Å²) in [4.78, 5) is 4.75. The molecule has 0 radical (unpaired) electrons. The van der Waals surface area contributed by atoms with Crippen molar-refractivity contribution in [2.24, 2.45) is 23.7 Å². The Morgan fingerprint density at radius 3 is 2.36 bits per heavy atom. The van der Waals surface area contributed by atoms with Gasteiger partial charge in [0.05, 0.1) is 10.4 Å². The molecule has 4 saturated carbocycles. The molecule has 0 unspecified atom stereocenters. The molecule has 4 fully saturated rings. The number of nitrogens with zero attached hydrogens (tertiary/aromatic N) is 1. The molecule has 0 amide bonds. The lowest BCUT2D eigenvalue weighted by molar-refractivity contribution is -0.00557. The number of fused-ring (bicyclic) bond motifs is 1. The van der Waals surface area contributed by atoms with Gasteiger partial charge in [-0.1, -0.05) is 6.07 Å². The minimum absolute atomic E-state index is 0.117. The van der Waals surface area contributed by atoms with Crippen molar-refractivity contribution < 1.29 is 8.42 Å². The summed E-state index contributed by atoms with van der Waals surface area (Å²) in [6, 6.07) is 7.38. The Kier molecular flexibility index (Phi) is 3.48. The van der Waals surface area contributed by atoms with Gasteiger partial charge >= 0.3 is 0 Å². The summed E-state index contributed by atoms with van der Waals surface area (Å²) in [6.07, 6.45) is 7.91. The lowest BCUT2D eigenvalue weighted by Crippen LogP contribution is -2.55. The number of aromatic nitrogens is 1. The third kappa shape index (κ3) is 2.51. The van der Waals surface area contributed by atoms with Crippen LogP contribution in [0.15, 0.2) is 35.4 Å². The minimum atomic E-state index is -3.54. The number of rotatable bonds is 3. The van der Waals surface area contributed by atoms with E-state index >= 15 is 0 Å². The summed E-state index contributed by atoms with van der Waals surface area (Å²) in [5.41, 5.74) is 1.78. The monoisotopic (exact) mass is 356 g/mol. The topological polar surface area (TPSA) is 59.1 Å². The Morgan fingerprint density at radius 1 is 1.00 bits per heavy atom. The molecule has 1 N–H and O–H groups in total. The summed E-state index contributed by atoms with van der Waals surface area (Å²) in [5, 5.41) is 0.721. The summed E-state index contributed by atoms with van der Waals surface area (Å²) in [7, 11) is -3.54. The zero-order valence-electron chi connectivity index (χ0n) is 14.5. The summed E-state index contributed by atoms with van der Waals surface area (Å²) < 4.78 is 29.5. The van der Waals surface area contributed by atoms with E-state index in [4.69, 9.17) is 0 Å². The van der Waals surface area contributed by atoms with Gasteiger partial charge in [0.1, 0.15) is 0 Å². The molecule has 5 heteroatoms. The van der Waals surface area contributed by atoms with Crippen molar-refractivity contribution in [1.82, 2.24) is 9.71 Å². The molecule has 4 nitrogen and oxygen atoms in total. The molecule has 0 spiro atoms. The maximum atomic E-state index is 13.2.